The molecule has 2 aliphatic rings. The summed E-state index contributed by atoms with van der Waals surface area (Å²) in [5.74, 6) is 1.02. The number of carbonyl (C=O) groups is 2. The topological polar surface area (TPSA) is 115 Å². The Morgan fingerprint density at radius 3 is 2.91 bits per heavy atom. The molecule has 10 nitrogen and oxygen atoms in total. The highest BCUT2D eigenvalue weighted by molar-refractivity contribution is 5.96. The number of nitrogens with zero attached hydrogens (tertiary/aromatic N) is 3. The van der Waals surface area contributed by atoms with E-state index >= 15 is 0 Å². The van der Waals surface area contributed by atoms with Gasteiger partial charge >= 0.3 is 6.09 Å². The zero-order chi connectivity index (χ0) is 24.2. The largest absolute Gasteiger partial charge is 0.482 e. The van der Waals surface area contributed by atoms with Crippen molar-refractivity contribution in [1.82, 2.24) is 14.9 Å². The van der Waals surface area contributed by atoms with Crippen LogP contribution in [0, 0.1) is 0 Å². The van der Waals surface area contributed by atoms with Crippen LogP contribution in [0.3, 0.4) is 0 Å². The van der Waals surface area contributed by atoms with Crippen molar-refractivity contribution < 1.29 is 23.8 Å². The van der Waals surface area contributed by atoms with E-state index in [1.807, 2.05) is 18.2 Å². The number of fused-ring (bicyclic) bond motifs is 2. The quantitative estimate of drug-likeness (QED) is 0.556. The van der Waals surface area contributed by atoms with Crippen LogP contribution >= 0.6 is 0 Å². The van der Waals surface area contributed by atoms with Crippen LogP contribution in [0.1, 0.15) is 18.4 Å². The molecule has 2 N–H and O–H groups in total. The Balaban J connectivity index is 1.10. The van der Waals surface area contributed by atoms with Gasteiger partial charge in [-0.3, -0.25) is 15.1 Å². The third kappa shape index (κ3) is 5.43. The molecule has 3 aromatic rings. The minimum atomic E-state index is -0.501. The number of rotatable bonds is 6. The summed E-state index contributed by atoms with van der Waals surface area (Å²) in [6.07, 6.45) is 3.38. The summed E-state index contributed by atoms with van der Waals surface area (Å²) < 4.78 is 16.3. The number of amides is 2. The lowest BCUT2D eigenvalue weighted by Gasteiger charge is -2.31. The fraction of sp³-hybridized carbons (Fsp3) is 0.360. The van der Waals surface area contributed by atoms with Crippen molar-refractivity contribution in [3.63, 3.8) is 0 Å². The van der Waals surface area contributed by atoms with E-state index in [0.29, 0.717) is 28.4 Å². The average molecular weight is 478 g/mol. The van der Waals surface area contributed by atoms with Crippen LogP contribution in [0.25, 0.3) is 11.0 Å². The molecule has 5 rings (SSSR count). The minimum Gasteiger partial charge on any atom is -0.482 e. The fourth-order valence-corrected chi connectivity index (χ4v) is 4.34. The van der Waals surface area contributed by atoms with Gasteiger partial charge in [-0.05, 0) is 49.1 Å². The summed E-state index contributed by atoms with van der Waals surface area (Å²) in [6.45, 7) is 2.65. The van der Waals surface area contributed by atoms with Gasteiger partial charge in [0, 0.05) is 31.9 Å². The Bertz CT molecular complexity index is 1240. The molecule has 2 aliphatic heterocycles. The lowest BCUT2D eigenvalue weighted by Crippen LogP contribution is -2.39. The first-order chi connectivity index (χ1) is 17.1. The Morgan fingerprint density at radius 2 is 2.09 bits per heavy atom. The van der Waals surface area contributed by atoms with Gasteiger partial charge in [0.2, 0.25) is 5.88 Å². The van der Waals surface area contributed by atoms with Gasteiger partial charge in [0.25, 0.3) is 5.91 Å². The van der Waals surface area contributed by atoms with Crippen molar-refractivity contribution in [3.05, 3.63) is 48.2 Å². The highest BCUT2D eigenvalue weighted by Crippen LogP contribution is 2.29. The number of methoxy groups -OCH3 is 1. The highest BCUT2D eigenvalue weighted by atomic mass is 16.6. The summed E-state index contributed by atoms with van der Waals surface area (Å²) in [4.78, 5) is 35.1. The van der Waals surface area contributed by atoms with E-state index in [4.69, 9.17) is 14.2 Å². The summed E-state index contributed by atoms with van der Waals surface area (Å²) in [5, 5.41) is 5.65. The molecular formula is C25H27N5O5. The summed E-state index contributed by atoms with van der Waals surface area (Å²) in [6, 6.07) is 11.1. The molecule has 0 aliphatic carbocycles. The first kappa shape index (κ1) is 22.9. The molecular weight excluding hydrogens is 450 g/mol. The Kier molecular flexibility index (Phi) is 6.62. The second-order valence-electron chi connectivity index (χ2n) is 8.57. The number of piperidine rings is 1. The van der Waals surface area contributed by atoms with E-state index in [1.165, 1.54) is 0 Å². The molecule has 35 heavy (non-hydrogen) atoms. The van der Waals surface area contributed by atoms with Crippen LogP contribution in [0.4, 0.5) is 16.2 Å². The zero-order valence-corrected chi connectivity index (χ0v) is 19.5. The van der Waals surface area contributed by atoms with Crippen LogP contribution < -0.4 is 20.1 Å². The number of aromatic nitrogens is 2. The molecule has 182 valence electrons. The predicted octanol–water partition coefficient (Wildman–Crippen LogP) is 3.22. The van der Waals surface area contributed by atoms with Gasteiger partial charge in [-0.1, -0.05) is 6.07 Å². The molecule has 0 spiro atoms. The van der Waals surface area contributed by atoms with Gasteiger partial charge in [0.05, 0.1) is 24.0 Å². The number of hydrogen-bond donors (Lipinski definition) is 2. The number of ether oxygens (including phenoxy) is 3. The SMILES string of the molecule is COc1ccc2nccc(NC(=O)OC3CCN(CCc4ccc5c(c4)NC(=O)CO5)CC3)c2n1. The van der Waals surface area contributed by atoms with E-state index < -0.39 is 6.09 Å². The predicted molar refractivity (Wildman–Crippen MR) is 130 cm³/mol. The zero-order valence-electron chi connectivity index (χ0n) is 19.5. The molecule has 0 radical (unpaired) electrons. The first-order valence-electron chi connectivity index (χ1n) is 11.6. The van der Waals surface area contributed by atoms with Gasteiger partial charge in [-0.2, -0.15) is 0 Å². The number of pyridine rings is 2. The molecule has 1 fully saturated rings. The molecule has 1 saturated heterocycles. The molecule has 0 saturated carbocycles. The number of carbonyl (C=O) groups excluding carboxylic acids is 2. The van der Waals surface area contributed by atoms with E-state index in [9.17, 15) is 9.59 Å². The van der Waals surface area contributed by atoms with Crippen LogP contribution in [0.5, 0.6) is 11.6 Å². The lowest BCUT2D eigenvalue weighted by molar-refractivity contribution is -0.118. The van der Waals surface area contributed by atoms with E-state index in [-0.39, 0.29) is 18.6 Å². The van der Waals surface area contributed by atoms with Crippen LogP contribution in [0.2, 0.25) is 0 Å². The second kappa shape index (κ2) is 10.1. The maximum absolute atomic E-state index is 12.5. The van der Waals surface area contributed by atoms with E-state index in [0.717, 1.165) is 50.1 Å². The number of anilines is 2. The molecule has 4 heterocycles. The van der Waals surface area contributed by atoms with Gasteiger partial charge in [0.1, 0.15) is 17.4 Å². The highest BCUT2D eigenvalue weighted by Gasteiger charge is 2.23. The van der Waals surface area contributed by atoms with Crippen molar-refractivity contribution in [2.45, 2.75) is 25.4 Å². The summed E-state index contributed by atoms with van der Waals surface area (Å²) >= 11 is 0. The molecule has 2 aromatic heterocycles. The van der Waals surface area contributed by atoms with Crippen LogP contribution in [0.15, 0.2) is 42.6 Å². The van der Waals surface area contributed by atoms with Crippen LogP contribution in [-0.2, 0) is 16.0 Å². The number of hydrogen-bond acceptors (Lipinski definition) is 8. The maximum Gasteiger partial charge on any atom is 0.411 e. The normalized spacial score (nSPS) is 16.2. The third-order valence-electron chi connectivity index (χ3n) is 6.21. The molecule has 0 atom stereocenters. The second-order valence-corrected chi connectivity index (χ2v) is 8.57. The molecule has 10 heteroatoms. The van der Waals surface area contributed by atoms with Crippen molar-refractivity contribution in [2.75, 3.05) is 44.0 Å². The Morgan fingerprint density at radius 1 is 1.23 bits per heavy atom. The van der Waals surface area contributed by atoms with Crippen molar-refractivity contribution in [2.24, 2.45) is 0 Å². The molecule has 2 amide bonds. The standard InChI is InChI=1S/C25H27N5O5/c1-33-23-5-3-18-24(29-23)19(6-10-26-18)28-25(32)35-17-8-12-30(13-9-17)11-7-16-2-4-21-20(14-16)27-22(31)15-34-21/h2-6,10,14,17H,7-9,11-13,15H2,1H3,(H,27,31)(H,26,28,32). The third-order valence-corrected chi connectivity index (χ3v) is 6.21. The molecule has 0 unspecified atom stereocenters. The number of benzene rings is 1. The van der Waals surface area contributed by atoms with Gasteiger partial charge < -0.3 is 24.4 Å². The summed E-state index contributed by atoms with van der Waals surface area (Å²) in [7, 11) is 1.54. The van der Waals surface area contributed by atoms with Gasteiger partial charge in [-0.25, -0.2) is 9.78 Å². The van der Waals surface area contributed by atoms with E-state index in [1.54, 1.807) is 31.5 Å². The van der Waals surface area contributed by atoms with Crippen molar-refractivity contribution >= 4 is 34.4 Å². The Labute approximate surface area is 202 Å². The Hall–Kier alpha value is -3.92. The smallest absolute Gasteiger partial charge is 0.411 e. The number of nitrogens with one attached hydrogen (secondary N) is 2. The number of likely N-dealkylation sites (tertiary alicyclic amines) is 1. The van der Waals surface area contributed by atoms with Crippen molar-refractivity contribution in [3.8, 4) is 11.6 Å². The van der Waals surface area contributed by atoms with Gasteiger partial charge in [0.15, 0.2) is 6.61 Å². The fourth-order valence-electron chi connectivity index (χ4n) is 4.34. The minimum absolute atomic E-state index is 0.0617. The average Bonchev–Trinajstić information content (AvgIpc) is 2.88. The van der Waals surface area contributed by atoms with Gasteiger partial charge in [-0.15, -0.1) is 0 Å². The molecule has 0 bridgehead atoms. The van der Waals surface area contributed by atoms with E-state index in [2.05, 4.69) is 25.5 Å². The summed E-state index contributed by atoms with van der Waals surface area (Å²) in [5.41, 5.74) is 3.61. The van der Waals surface area contributed by atoms with Crippen LogP contribution in [-0.4, -0.2) is 66.3 Å². The lowest BCUT2D eigenvalue weighted by atomic mass is 10.1. The van der Waals surface area contributed by atoms with Crippen molar-refractivity contribution in [1.29, 1.82) is 0 Å². The monoisotopic (exact) mass is 477 g/mol. The molecule has 1 aromatic carbocycles. The maximum atomic E-state index is 12.5. The first-order valence-corrected chi connectivity index (χ1v) is 11.6.